The molecule has 6 rings (SSSR count). The second-order valence-electron chi connectivity index (χ2n) is 9.49. The van der Waals surface area contributed by atoms with Crippen LogP contribution in [0.15, 0.2) is 48.9 Å². The molecular formula is C27H29N9O3. The van der Waals surface area contributed by atoms with Crippen LogP contribution in [-0.4, -0.2) is 87.6 Å². The average Bonchev–Trinajstić information content (AvgIpc) is 3.56. The second kappa shape index (κ2) is 10.2. The van der Waals surface area contributed by atoms with Crippen LogP contribution in [-0.2, 0) is 0 Å². The summed E-state index contributed by atoms with van der Waals surface area (Å²) in [4.78, 5) is 24.5. The standard InChI is InChI=1S/C27H29N9O3/c1-34(2)10-5-7-29-27(37)26-17-15-30-18(22-16-31-25-6-4-8-32-36(22)25)12-20(17)35(33-26)21-14-23-19(13-24(21)38-3)28-9-11-39-23/h4,6,8,12-16,28H,5,7,9-11H2,1-3H3,(H,29,37). The van der Waals surface area contributed by atoms with Gasteiger partial charge in [-0.2, -0.15) is 10.2 Å². The first kappa shape index (κ1) is 24.6. The van der Waals surface area contributed by atoms with E-state index in [1.54, 1.807) is 34.9 Å². The van der Waals surface area contributed by atoms with E-state index in [1.165, 1.54) is 0 Å². The van der Waals surface area contributed by atoms with E-state index in [2.05, 4.69) is 30.6 Å². The highest BCUT2D eigenvalue weighted by molar-refractivity contribution is 6.05. The van der Waals surface area contributed by atoms with Crippen LogP contribution in [0.4, 0.5) is 5.69 Å². The lowest BCUT2D eigenvalue weighted by Crippen LogP contribution is -2.27. The lowest BCUT2D eigenvalue weighted by molar-refractivity contribution is 0.0948. The smallest absolute Gasteiger partial charge is 0.272 e. The minimum atomic E-state index is -0.265. The molecule has 5 aromatic rings. The van der Waals surface area contributed by atoms with Gasteiger partial charge in [0.05, 0.1) is 35.6 Å². The third-order valence-corrected chi connectivity index (χ3v) is 6.57. The number of nitrogens with zero attached hydrogens (tertiary/aromatic N) is 7. The molecule has 1 amide bonds. The van der Waals surface area contributed by atoms with E-state index in [-0.39, 0.29) is 11.6 Å². The first-order chi connectivity index (χ1) is 19.0. The number of rotatable bonds is 8. The topological polar surface area (TPSA) is 124 Å². The molecule has 12 heteroatoms. The molecule has 200 valence electrons. The summed E-state index contributed by atoms with van der Waals surface area (Å²) in [5.74, 6) is 1.01. The van der Waals surface area contributed by atoms with Crippen LogP contribution in [0.5, 0.6) is 11.5 Å². The Morgan fingerprint density at radius 2 is 2.13 bits per heavy atom. The van der Waals surface area contributed by atoms with Crippen LogP contribution in [0.25, 0.3) is 33.6 Å². The molecule has 1 aromatic carbocycles. The quantitative estimate of drug-likeness (QED) is 0.293. The first-order valence-corrected chi connectivity index (χ1v) is 12.7. The van der Waals surface area contributed by atoms with Crippen molar-refractivity contribution in [1.82, 2.24) is 39.6 Å². The summed E-state index contributed by atoms with van der Waals surface area (Å²) in [5.41, 5.74) is 4.53. The van der Waals surface area contributed by atoms with E-state index < -0.39 is 0 Å². The van der Waals surface area contributed by atoms with Gasteiger partial charge in [-0.1, -0.05) is 0 Å². The number of imidazole rings is 1. The molecule has 0 unspecified atom stereocenters. The molecule has 0 atom stereocenters. The lowest BCUT2D eigenvalue weighted by Gasteiger charge is -2.21. The number of fused-ring (bicyclic) bond motifs is 3. The molecule has 0 saturated heterocycles. The number of hydrogen-bond donors (Lipinski definition) is 2. The molecule has 0 bridgehead atoms. The van der Waals surface area contributed by atoms with E-state index >= 15 is 0 Å². The van der Waals surface area contributed by atoms with Gasteiger partial charge >= 0.3 is 0 Å². The molecular weight excluding hydrogens is 498 g/mol. The van der Waals surface area contributed by atoms with Gasteiger partial charge in [-0.15, -0.1) is 0 Å². The Bertz CT molecular complexity index is 1670. The van der Waals surface area contributed by atoms with Crippen LogP contribution in [0, 0.1) is 0 Å². The van der Waals surface area contributed by atoms with E-state index in [4.69, 9.17) is 14.6 Å². The normalized spacial score (nSPS) is 12.8. The van der Waals surface area contributed by atoms with E-state index in [9.17, 15) is 4.79 Å². The summed E-state index contributed by atoms with van der Waals surface area (Å²) < 4.78 is 15.1. The van der Waals surface area contributed by atoms with Crippen LogP contribution in [0.2, 0.25) is 0 Å². The zero-order chi connectivity index (χ0) is 26.9. The van der Waals surface area contributed by atoms with Gasteiger partial charge in [0.15, 0.2) is 11.3 Å². The largest absolute Gasteiger partial charge is 0.494 e. The molecule has 0 aliphatic carbocycles. The fourth-order valence-electron chi connectivity index (χ4n) is 4.67. The molecule has 39 heavy (non-hydrogen) atoms. The Balaban J connectivity index is 1.49. The molecule has 0 spiro atoms. The third-order valence-electron chi connectivity index (χ3n) is 6.57. The highest BCUT2D eigenvalue weighted by atomic mass is 16.5. The number of aromatic nitrogens is 6. The Labute approximate surface area is 224 Å². The van der Waals surface area contributed by atoms with E-state index in [1.807, 2.05) is 44.4 Å². The minimum absolute atomic E-state index is 0.265. The summed E-state index contributed by atoms with van der Waals surface area (Å²) in [5, 5.41) is 16.1. The van der Waals surface area contributed by atoms with Crippen molar-refractivity contribution in [3.63, 3.8) is 0 Å². The van der Waals surface area contributed by atoms with Crippen molar-refractivity contribution in [2.45, 2.75) is 6.42 Å². The summed E-state index contributed by atoms with van der Waals surface area (Å²) >= 11 is 0. The zero-order valence-electron chi connectivity index (χ0n) is 22.0. The summed E-state index contributed by atoms with van der Waals surface area (Å²) in [6.45, 7) is 2.66. The predicted octanol–water partition coefficient (Wildman–Crippen LogP) is 2.62. The number of benzene rings is 1. The number of amides is 1. The minimum Gasteiger partial charge on any atom is -0.494 e. The average molecular weight is 528 g/mol. The Morgan fingerprint density at radius 3 is 2.97 bits per heavy atom. The van der Waals surface area contributed by atoms with Crippen molar-refractivity contribution in [1.29, 1.82) is 0 Å². The molecule has 1 aliphatic heterocycles. The van der Waals surface area contributed by atoms with Crippen LogP contribution < -0.4 is 20.1 Å². The fourth-order valence-corrected chi connectivity index (χ4v) is 4.67. The second-order valence-corrected chi connectivity index (χ2v) is 9.49. The molecule has 0 fully saturated rings. The molecule has 1 aliphatic rings. The van der Waals surface area contributed by atoms with E-state index in [0.717, 1.165) is 24.3 Å². The highest BCUT2D eigenvalue weighted by Gasteiger charge is 2.24. The maximum absolute atomic E-state index is 13.3. The number of carbonyl (C=O) groups is 1. The SMILES string of the molecule is COc1cc2c(cc1-n1nc(C(=O)NCCCN(C)C)c3cnc(-c4cnc5cccnn45)cc31)OCCN2. The van der Waals surface area contributed by atoms with Gasteiger partial charge in [0.2, 0.25) is 0 Å². The number of nitrogens with one attached hydrogen (secondary N) is 2. The summed E-state index contributed by atoms with van der Waals surface area (Å²) in [7, 11) is 5.62. The van der Waals surface area contributed by atoms with Crippen LogP contribution in [0.3, 0.4) is 0 Å². The Kier molecular flexibility index (Phi) is 6.45. The summed E-state index contributed by atoms with van der Waals surface area (Å²) in [6.07, 6.45) is 5.93. The maximum Gasteiger partial charge on any atom is 0.272 e. The van der Waals surface area contributed by atoms with Crippen molar-refractivity contribution in [3.8, 4) is 28.6 Å². The van der Waals surface area contributed by atoms with Gasteiger partial charge < -0.3 is 25.0 Å². The van der Waals surface area contributed by atoms with Gasteiger partial charge in [0, 0.05) is 37.6 Å². The number of carbonyl (C=O) groups excluding carboxylic acids is 1. The molecule has 2 N–H and O–H groups in total. The van der Waals surface area contributed by atoms with Gasteiger partial charge in [0.25, 0.3) is 5.91 Å². The Morgan fingerprint density at radius 1 is 1.23 bits per heavy atom. The van der Waals surface area contributed by atoms with Crippen molar-refractivity contribution in [2.75, 3.05) is 52.8 Å². The van der Waals surface area contributed by atoms with Gasteiger partial charge in [-0.3, -0.25) is 9.78 Å². The number of methoxy groups -OCH3 is 1. The first-order valence-electron chi connectivity index (χ1n) is 12.7. The maximum atomic E-state index is 13.3. The Hall–Kier alpha value is -4.71. The van der Waals surface area contributed by atoms with Crippen LogP contribution >= 0.6 is 0 Å². The lowest BCUT2D eigenvalue weighted by atomic mass is 10.2. The van der Waals surface area contributed by atoms with E-state index in [0.29, 0.717) is 59.1 Å². The molecule has 0 radical (unpaired) electrons. The predicted molar refractivity (Wildman–Crippen MR) is 147 cm³/mol. The zero-order valence-corrected chi connectivity index (χ0v) is 22.0. The van der Waals surface area contributed by atoms with Crippen LogP contribution in [0.1, 0.15) is 16.9 Å². The number of anilines is 1. The van der Waals surface area contributed by atoms with Crippen molar-refractivity contribution in [2.24, 2.45) is 0 Å². The highest BCUT2D eigenvalue weighted by Crippen LogP contribution is 2.38. The summed E-state index contributed by atoms with van der Waals surface area (Å²) in [6, 6.07) is 9.36. The van der Waals surface area contributed by atoms with Crippen molar-refractivity contribution >= 4 is 28.1 Å². The number of hydrogen-bond acceptors (Lipinski definition) is 9. The molecule has 0 saturated carbocycles. The molecule has 12 nitrogen and oxygen atoms in total. The van der Waals surface area contributed by atoms with Gasteiger partial charge in [-0.05, 0) is 45.3 Å². The third kappa shape index (κ3) is 4.59. The van der Waals surface area contributed by atoms with Crippen molar-refractivity contribution < 1.29 is 14.3 Å². The van der Waals surface area contributed by atoms with Gasteiger partial charge in [-0.25, -0.2) is 14.2 Å². The molecule has 5 heterocycles. The fraction of sp³-hybridized carbons (Fsp3) is 0.296. The monoisotopic (exact) mass is 527 g/mol. The number of pyridine rings is 1. The van der Waals surface area contributed by atoms with Crippen molar-refractivity contribution in [3.05, 3.63) is 54.6 Å². The number of ether oxygens (including phenoxy) is 2. The van der Waals surface area contributed by atoms with Gasteiger partial charge in [0.1, 0.15) is 29.5 Å². The molecule has 4 aromatic heterocycles.